The van der Waals surface area contributed by atoms with Crippen molar-refractivity contribution in [1.82, 2.24) is 19.5 Å². The van der Waals surface area contributed by atoms with Gasteiger partial charge in [-0.3, -0.25) is 0 Å². The van der Waals surface area contributed by atoms with Crippen LogP contribution < -0.4 is 5.32 Å². The summed E-state index contributed by atoms with van der Waals surface area (Å²) in [6, 6.07) is 8.44. The van der Waals surface area contributed by atoms with Crippen LogP contribution in [0.5, 0.6) is 0 Å². The minimum Gasteiger partial charge on any atom is -0.364 e. The van der Waals surface area contributed by atoms with E-state index in [0.29, 0.717) is 5.37 Å². The highest BCUT2D eigenvalue weighted by Crippen LogP contribution is 2.37. The second-order valence-electron chi connectivity index (χ2n) is 5.50. The number of nitrogens with one attached hydrogen (secondary N) is 1. The highest BCUT2D eigenvalue weighted by molar-refractivity contribution is 14.1. The second-order valence-corrected chi connectivity index (χ2v) is 8.03. The molecule has 1 saturated heterocycles. The van der Waals surface area contributed by atoms with Crippen molar-refractivity contribution in [3.05, 3.63) is 46.1 Å². The Morgan fingerprint density at radius 3 is 3.09 bits per heavy atom. The molecule has 1 N–H and O–H groups in total. The first-order valence-electron chi connectivity index (χ1n) is 7.59. The summed E-state index contributed by atoms with van der Waals surface area (Å²) >= 11 is 4.30. The Kier molecular flexibility index (Phi) is 4.39. The maximum absolute atomic E-state index is 4.55. The highest BCUT2D eigenvalue weighted by atomic mass is 127. The third-order valence-corrected chi connectivity index (χ3v) is 5.97. The summed E-state index contributed by atoms with van der Waals surface area (Å²) in [7, 11) is 0. The molecule has 3 aromatic rings. The smallest absolute Gasteiger partial charge is 0.166 e. The van der Waals surface area contributed by atoms with Gasteiger partial charge in [0.1, 0.15) is 11.8 Å². The normalized spacial score (nSPS) is 17.7. The van der Waals surface area contributed by atoms with Gasteiger partial charge in [-0.05, 0) is 58.9 Å². The van der Waals surface area contributed by atoms with Gasteiger partial charge in [-0.25, -0.2) is 15.0 Å². The van der Waals surface area contributed by atoms with Gasteiger partial charge in [-0.15, -0.1) is 11.8 Å². The van der Waals surface area contributed by atoms with E-state index in [1.165, 1.54) is 27.7 Å². The summed E-state index contributed by atoms with van der Waals surface area (Å²) in [6.45, 7) is 0.730. The minimum absolute atomic E-state index is 0.457. The lowest BCUT2D eigenvalue weighted by Gasteiger charge is -2.11. The van der Waals surface area contributed by atoms with Gasteiger partial charge in [0.25, 0.3) is 0 Å². The second kappa shape index (κ2) is 6.64. The zero-order valence-electron chi connectivity index (χ0n) is 12.4. The number of nitrogens with zero attached hydrogens (tertiary/aromatic N) is 4. The van der Waals surface area contributed by atoms with Crippen molar-refractivity contribution in [1.29, 1.82) is 0 Å². The van der Waals surface area contributed by atoms with Gasteiger partial charge in [0.05, 0.1) is 11.7 Å². The molecule has 4 rings (SSSR count). The molecule has 23 heavy (non-hydrogen) atoms. The van der Waals surface area contributed by atoms with Gasteiger partial charge in [-0.2, -0.15) is 0 Å². The van der Waals surface area contributed by atoms with Gasteiger partial charge < -0.3 is 9.88 Å². The Morgan fingerprint density at radius 2 is 2.26 bits per heavy atom. The zero-order valence-corrected chi connectivity index (χ0v) is 15.4. The summed E-state index contributed by atoms with van der Waals surface area (Å²) < 4.78 is 3.42. The third-order valence-electron chi connectivity index (χ3n) is 3.92. The van der Waals surface area contributed by atoms with Crippen LogP contribution in [0.1, 0.15) is 23.8 Å². The molecule has 2 aromatic heterocycles. The van der Waals surface area contributed by atoms with Gasteiger partial charge in [-0.1, -0.05) is 12.1 Å². The molecular weight excluding hydrogens is 421 g/mol. The molecule has 0 radical (unpaired) electrons. The summed E-state index contributed by atoms with van der Waals surface area (Å²) in [5, 5.41) is 3.85. The van der Waals surface area contributed by atoms with Crippen LogP contribution in [0.15, 0.2) is 36.9 Å². The number of halogens is 1. The van der Waals surface area contributed by atoms with E-state index in [9.17, 15) is 0 Å². The maximum atomic E-state index is 4.55. The predicted octanol–water partition coefficient (Wildman–Crippen LogP) is 4.07. The van der Waals surface area contributed by atoms with Crippen LogP contribution in [0.2, 0.25) is 0 Å². The molecule has 1 atom stereocenters. The summed E-state index contributed by atoms with van der Waals surface area (Å²) in [4.78, 5) is 13.4. The van der Waals surface area contributed by atoms with E-state index in [1.807, 2.05) is 18.1 Å². The van der Waals surface area contributed by atoms with Crippen LogP contribution in [-0.2, 0) is 6.54 Å². The fourth-order valence-corrected chi connectivity index (χ4v) is 4.67. The maximum Gasteiger partial charge on any atom is 0.166 e. The number of anilines is 1. The fraction of sp³-hybridized carbons (Fsp3) is 0.312. The van der Waals surface area contributed by atoms with Crippen molar-refractivity contribution in [3.8, 4) is 0 Å². The van der Waals surface area contributed by atoms with Crippen LogP contribution in [0.25, 0.3) is 11.2 Å². The number of benzene rings is 1. The number of thioether (sulfide) groups is 1. The van der Waals surface area contributed by atoms with Crippen molar-refractivity contribution in [3.63, 3.8) is 0 Å². The number of rotatable bonds is 4. The highest BCUT2D eigenvalue weighted by Gasteiger charge is 2.21. The van der Waals surface area contributed by atoms with Crippen molar-refractivity contribution in [2.45, 2.75) is 24.8 Å². The Hall–Kier alpha value is -1.35. The number of fused-ring (bicyclic) bond motifs is 1. The molecule has 118 valence electrons. The fourth-order valence-electron chi connectivity index (χ4n) is 2.80. The van der Waals surface area contributed by atoms with E-state index in [-0.39, 0.29) is 0 Å². The Balaban J connectivity index is 1.60. The molecule has 0 spiro atoms. The number of hydrogen-bond donors (Lipinski definition) is 1. The van der Waals surface area contributed by atoms with Crippen molar-refractivity contribution >= 4 is 51.3 Å². The van der Waals surface area contributed by atoms with Gasteiger partial charge in [0.15, 0.2) is 11.5 Å². The molecule has 1 fully saturated rings. The summed E-state index contributed by atoms with van der Waals surface area (Å²) in [5.74, 6) is 2.02. The molecule has 0 aliphatic carbocycles. The van der Waals surface area contributed by atoms with E-state index in [1.54, 1.807) is 6.33 Å². The lowest BCUT2D eigenvalue weighted by atomic mass is 10.2. The summed E-state index contributed by atoms with van der Waals surface area (Å²) in [5.41, 5.74) is 3.00. The Morgan fingerprint density at radius 1 is 1.30 bits per heavy atom. The number of hydrogen-bond acceptors (Lipinski definition) is 5. The van der Waals surface area contributed by atoms with Crippen molar-refractivity contribution < 1.29 is 0 Å². The van der Waals surface area contributed by atoms with Crippen molar-refractivity contribution in [2.24, 2.45) is 0 Å². The molecule has 1 aliphatic heterocycles. The van der Waals surface area contributed by atoms with Gasteiger partial charge in [0.2, 0.25) is 0 Å². The SMILES string of the molecule is Ic1cccc(CNc2ncnc3c2ncn3C2CCCS2)c1. The largest absolute Gasteiger partial charge is 0.364 e. The molecule has 5 nitrogen and oxygen atoms in total. The molecular formula is C16H16IN5S. The quantitative estimate of drug-likeness (QED) is 0.624. The Bertz CT molecular complexity index is 828. The number of imidazole rings is 1. The minimum atomic E-state index is 0.457. The van der Waals surface area contributed by atoms with Gasteiger partial charge in [0, 0.05) is 10.1 Å². The predicted molar refractivity (Wildman–Crippen MR) is 103 cm³/mol. The molecule has 7 heteroatoms. The molecule has 1 aromatic carbocycles. The monoisotopic (exact) mass is 437 g/mol. The van der Waals surface area contributed by atoms with E-state index < -0.39 is 0 Å². The van der Waals surface area contributed by atoms with Crippen LogP contribution in [0, 0.1) is 3.57 Å². The van der Waals surface area contributed by atoms with E-state index in [0.717, 1.165) is 23.5 Å². The molecule has 0 saturated carbocycles. The third kappa shape index (κ3) is 3.16. The van der Waals surface area contributed by atoms with E-state index >= 15 is 0 Å². The topological polar surface area (TPSA) is 55.6 Å². The molecule has 0 amide bonds. The van der Waals surface area contributed by atoms with Gasteiger partial charge >= 0.3 is 0 Å². The standard InChI is InChI=1S/C16H16IN5S/c17-12-4-1-3-11(7-12)8-18-15-14-16(20-9-19-15)22(10-21-14)13-5-2-6-23-13/h1,3-4,7,9-10,13H,2,5-6,8H2,(H,18,19,20). The summed E-state index contributed by atoms with van der Waals surface area (Å²) in [6.07, 6.45) is 5.97. The molecule has 1 unspecified atom stereocenters. The first-order valence-corrected chi connectivity index (χ1v) is 9.71. The Labute approximate surface area is 152 Å². The molecule has 3 heterocycles. The lowest BCUT2D eigenvalue weighted by Crippen LogP contribution is -2.04. The van der Waals surface area contributed by atoms with Crippen LogP contribution in [0.3, 0.4) is 0 Å². The van der Waals surface area contributed by atoms with Crippen molar-refractivity contribution in [2.75, 3.05) is 11.1 Å². The average Bonchev–Trinajstić information content (AvgIpc) is 3.22. The first-order chi connectivity index (χ1) is 11.3. The number of aromatic nitrogens is 4. The van der Waals surface area contributed by atoms with Crippen LogP contribution in [-0.4, -0.2) is 25.3 Å². The van der Waals surface area contributed by atoms with Crippen LogP contribution in [0.4, 0.5) is 5.82 Å². The zero-order chi connectivity index (χ0) is 15.6. The van der Waals surface area contributed by atoms with E-state index in [4.69, 9.17) is 0 Å². The average molecular weight is 437 g/mol. The molecule has 0 bridgehead atoms. The lowest BCUT2D eigenvalue weighted by molar-refractivity contribution is 0.654. The van der Waals surface area contributed by atoms with Crippen LogP contribution >= 0.6 is 34.4 Å². The molecule has 1 aliphatic rings. The first kappa shape index (κ1) is 15.2. The van der Waals surface area contributed by atoms with E-state index in [2.05, 4.69) is 71.7 Å².